The van der Waals surface area contributed by atoms with Crippen molar-refractivity contribution in [3.05, 3.63) is 71.4 Å². The van der Waals surface area contributed by atoms with Gasteiger partial charge in [0.05, 0.1) is 18.6 Å². The van der Waals surface area contributed by atoms with Gasteiger partial charge in [-0.2, -0.15) is 0 Å². The van der Waals surface area contributed by atoms with Gasteiger partial charge in [-0.05, 0) is 30.5 Å². The SMILES string of the molecule is COCCN1C(=O)c2ccccc2C(C(=O)NC2CC2)C1c1cn(C)c2ccccc12. The fourth-order valence-corrected chi connectivity index (χ4v) is 4.78. The Kier molecular flexibility index (Phi) is 5.02. The smallest absolute Gasteiger partial charge is 0.254 e. The van der Waals surface area contributed by atoms with Crippen molar-refractivity contribution in [1.82, 2.24) is 14.8 Å². The number of carbonyl (C=O) groups is 2. The molecule has 1 saturated carbocycles. The molecule has 0 bridgehead atoms. The first kappa shape index (κ1) is 19.8. The Labute approximate surface area is 181 Å². The minimum Gasteiger partial charge on any atom is -0.383 e. The highest BCUT2D eigenvalue weighted by molar-refractivity contribution is 6.02. The Bertz CT molecular complexity index is 1150. The maximum atomic E-state index is 13.6. The second-order valence-corrected chi connectivity index (χ2v) is 8.50. The molecule has 1 N–H and O–H groups in total. The maximum absolute atomic E-state index is 13.6. The number of para-hydroxylation sites is 1. The number of rotatable bonds is 6. The monoisotopic (exact) mass is 417 g/mol. The predicted octanol–water partition coefficient (Wildman–Crippen LogP) is 3.38. The number of hydrogen-bond donors (Lipinski definition) is 1. The molecule has 1 fully saturated rings. The number of nitrogens with zero attached hydrogens (tertiary/aromatic N) is 2. The van der Waals surface area contributed by atoms with Crippen molar-refractivity contribution in [2.75, 3.05) is 20.3 Å². The highest BCUT2D eigenvalue weighted by Crippen LogP contribution is 2.45. The van der Waals surface area contributed by atoms with E-state index in [0.717, 1.165) is 34.9 Å². The molecule has 2 aliphatic rings. The topological polar surface area (TPSA) is 63.6 Å². The van der Waals surface area contributed by atoms with Crippen molar-refractivity contribution >= 4 is 22.7 Å². The van der Waals surface area contributed by atoms with Gasteiger partial charge >= 0.3 is 0 Å². The molecule has 5 rings (SSSR count). The van der Waals surface area contributed by atoms with Crippen LogP contribution in [0.25, 0.3) is 10.9 Å². The quantitative estimate of drug-likeness (QED) is 0.669. The van der Waals surface area contributed by atoms with E-state index in [1.54, 1.807) is 7.11 Å². The molecule has 0 saturated heterocycles. The maximum Gasteiger partial charge on any atom is 0.254 e. The van der Waals surface area contributed by atoms with Crippen molar-refractivity contribution in [1.29, 1.82) is 0 Å². The van der Waals surface area contributed by atoms with Crippen LogP contribution < -0.4 is 5.32 Å². The van der Waals surface area contributed by atoms with Gasteiger partial charge < -0.3 is 19.5 Å². The number of hydrogen-bond acceptors (Lipinski definition) is 3. The number of fused-ring (bicyclic) bond motifs is 2. The summed E-state index contributed by atoms with van der Waals surface area (Å²) in [6, 6.07) is 15.5. The molecule has 1 aliphatic heterocycles. The third-order valence-corrected chi connectivity index (χ3v) is 6.43. The first-order valence-corrected chi connectivity index (χ1v) is 10.8. The van der Waals surface area contributed by atoms with E-state index in [-0.39, 0.29) is 17.9 Å². The molecular formula is C25H27N3O3. The minimum atomic E-state index is -0.475. The van der Waals surface area contributed by atoms with E-state index in [4.69, 9.17) is 4.74 Å². The first-order chi connectivity index (χ1) is 15.1. The van der Waals surface area contributed by atoms with Gasteiger partial charge in [0.25, 0.3) is 5.91 Å². The molecule has 160 valence electrons. The van der Waals surface area contributed by atoms with E-state index < -0.39 is 12.0 Å². The van der Waals surface area contributed by atoms with E-state index in [1.165, 1.54) is 0 Å². The summed E-state index contributed by atoms with van der Waals surface area (Å²) < 4.78 is 7.40. The molecule has 2 aromatic carbocycles. The third-order valence-electron chi connectivity index (χ3n) is 6.43. The Hall–Kier alpha value is -3.12. The molecule has 1 aromatic heterocycles. The molecule has 6 heteroatoms. The molecule has 6 nitrogen and oxygen atoms in total. The van der Waals surface area contributed by atoms with Gasteiger partial charge in [0, 0.05) is 55.0 Å². The number of aryl methyl sites for hydroxylation is 1. The Morgan fingerprint density at radius 2 is 1.84 bits per heavy atom. The fraction of sp³-hybridized carbons (Fsp3) is 0.360. The zero-order valence-electron chi connectivity index (χ0n) is 17.9. The number of nitrogens with one attached hydrogen (secondary N) is 1. The van der Waals surface area contributed by atoms with Crippen LogP contribution in [0.3, 0.4) is 0 Å². The zero-order valence-corrected chi connectivity index (χ0v) is 17.9. The van der Waals surface area contributed by atoms with Crippen molar-refractivity contribution in [2.45, 2.75) is 30.8 Å². The second-order valence-electron chi connectivity index (χ2n) is 8.50. The molecule has 2 atom stereocenters. The molecular weight excluding hydrogens is 390 g/mol. The number of methoxy groups -OCH3 is 1. The number of ether oxygens (including phenoxy) is 1. The first-order valence-electron chi connectivity index (χ1n) is 10.8. The van der Waals surface area contributed by atoms with Crippen LogP contribution in [-0.4, -0.2) is 47.6 Å². The van der Waals surface area contributed by atoms with Gasteiger partial charge in [-0.15, -0.1) is 0 Å². The fourth-order valence-electron chi connectivity index (χ4n) is 4.78. The van der Waals surface area contributed by atoms with E-state index in [9.17, 15) is 9.59 Å². The lowest BCUT2D eigenvalue weighted by atomic mass is 9.79. The average Bonchev–Trinajstić information content (AvgIpc) is 3.54. The highest BCUT2D eigenvalue weighted by atomic mass is 16.5. The summed E-state index contributed by atoms with van der Waals surface area (Å²) in [5.74, 6) is -0.541. The highest BCUT2D eigenvalue weighted by Gasteiger charge is 2.45. The molecule has 3 aromatic rings. The molecule has 1 aliphatic carbocycles. The molecule has 31 heavy (non-hydrogen) atoms. The lowest BCUT2D eigenvalue weighted by Gasteiger charge is -2.41. The van der Waals surface area contributed by atoms with E-state index in [2.05, 4.69) is 28.2 Å². The van der Waals surface area contributed by atoms with Crippen LogP contribution in [0.1, 0.15) is 46.3 Å². The van der Waals surface area contributed by atoms with Gasteiger partial charge in [0.15, 0.2) is 0 Å². The van der Waals surface area contributed by atoms with Crippen molar-refractivity contribution < 1.29 is 14.3 Å². The second kappa shape index (κ2) is 7.85. The summed E-state index contributed by atoms with van der Waals surface area (Å²) >= 11 is 0. The van der Waals surface area contributed by atoms with Crippen molar-refractivity contribution in [3.8, 4) is 0 Å². The lowest BCUT2D eigenvalue weighted by molar-refractivity contribution is -0.124. The van der Waals surface area contributed by atoms with Crippen LogP contribution in [0, 0.1) is 0 Å². The van der Waals surface area contributed by atoms with Crippen molar-refractivity contribution in [3.63, 3.8) is 0 Å². The normalized spacial score (nSPS) is 20.7. The summed E-state index contributed by atoms with van der Waals surface area (Å²) in [4.78, 5) is 29.0. The van der Waals surface area contributed by atoms with Crippen LogP contribution in [0.2, 0.25) is 0 Å². The van der Waals surface area contributed by atoms with Crippen LogP contribution in [-0.2, 0) is 16.6 Å². The minimum absolute atomic E-state index is 0.0113. The summed E-state index contributed by atoms with van der Waals surface area (Å²) in [5, 5.41) is 4.26. The standard InChI is InChI=1S/C25H27N3O3/c1-27-15-20(17-7-5-6-10-21(17)27)23-22(24(29)26-16-11-12-16)18-8-3-4-9-19(18)25(30)28(23)13-14-31-2/h3-10,15-16,22-23H,11-14H2,1-2H3,(H,26,29). The van der Waals surface area contributed by atoms with Crippen LogP contribution in [0.5, 0.6) is 0 Å². The number of amides is 2. The van der Waals surface area contributed by atoms with Crippen molar-refractivity contribution in [2.24, 2.45) is 7.05 Å². The van der Waals surface area contributed by atoms with Gasteiger partial charge in [0.2, 0.25) is 5.91 Å². The van der Waals surface area contributed by atoms with Crippen LogP contribution in [0.15, 0.2) is 54.7 Å². The lowest BCUT2D eigenvalue weighted by Crippen LogP contribution is -2.48. The Morgan fingerprint density at radius 1 is 1.10 bits per heavy atom. The van der Waals surface area contributed by atoms with Gasteiger partial charge in [-0.25, -0.2) is 0 Å². The number of benzene rings is 2. The van der Waals surface area contributed by atoms with Gasteiger partial charge in [-0.3, -0.25) is 9.59 Å². The van der Waals surface area contributed by atoms with E-state index in [0.29, 0.717) is 18.7 Å². The van der Waals surface area contributed by atoms with Crippen LogP contribution in [0.4, 0.5) is 0 Å². The largest absolute Gasteiger partial charge is 0.383 e. The molecule has 2 heterocycles. The van der Waals surface area contributed by atoms with Gasteiger partial charge in [0.1, 0.15) is 0 Å². The molecule has 0 spiro atoms. The third kappa shape index (κ3) is 3.41. The summed E-state index contributed by atoms with van der Waals surface area (Å²) in [6.07, 6.45) is 4.10. The van der Waals surface area contributed by atoms with Gasteiger partial charge in [-0.1, -0.05) is 36.4 Å². The average molecular weight is 418 g/mol. The number of aromatic nitrogens is 1. The zero-order chi connectivity index (χ0) is 21.5. The Balaban J connectivity index is 1.71. The predicted molar refractivity (Wildman–Crippen MR) is 119 cm³/mol. The van der Waals surface area contributed by atoms with E-state index in [1.807, 2.05) is 48.3 Å². The molecule has 2 amide bonds. The van der Waals surface area contributed by atoms with E-state index >= 15 is 0 Å². The van der Waals surface area contributed by atoms with Crippen LogP contribution >= 0.6 is 0 Å². The summed E-state index contributed by atoms with van der Waals surface area (Å²) in [7, 11) is 3.63. The molecule has 2 unspecified atom stereocenters. The number of carbonyl (C=O) groups excluding carboxylic acids is 2. The molecule has 0 radical (unpaired) electrons. The Morgan fingerprint density at radius 3 is 2.61 bits per heavy atom. The summed E-state index contributed by atoms with van der Waals surface area (Å²) in [6.45, 7) is 0.830. The summed E-state index contributed by atoms with van der Waals surface area (Å²) in [5.41, 5.74) is 3.48.